The molecule has 0 aliphatic heterocycles. The van der Waals surface area contributed by atoms with E-state index >= 15 is 0 Å². The standard InChI is InChI=1S/C3H2N4Se2/c8-3(9)5-2-1-4-7-6-2/h1H,(H,4,6,7). The number of nitrogens with one attached hydrogen (secondary N) is 1. The third-order valence-corrected chi connectivity index (χ3v) is 0.991. The molecule has 1 rings (SSSR count). The van der Waals surface area contributed by atoms with Crippen LogP contribution < -0.4 is 0 Å². The Balaban J connectivity index is 2.80. The molecule has 1 heterocycles. The molecule has 2 radical (unpaired) electrons. The van der Waals surface area contributed by atoms with Gasteiger partial charge < -0.3 is 0 Å². The first kappa shape index (κ1) is 6.96. The Morgan fingerprint density at radius 1 is 1.67 bits per heavy atom. The van der Waals surface area contributed by atoms with E-state index in [4.69, 9.17) is 0 Å². The van der Waals surface area contributed by atoms with Crippen LogP contribution in [0.4, 0.5) is 5.82 Å². The second-order valence-electron chi connectivity index (χ2n) is 1.21. The Morgan fingerprint density at radius 2 is 2.44 bits per heavy atom. The van der Waals surface area contributed by atoms with Crippen molar-refractivity contribution in [3.8, 4) is 0 Å². The summed E-state index contributed by atoms with van der Waals surface area (Å²) in [6.45, 7) is 0. The first-order valence-corrected chi connectivity index (χ1v) is 3.79. The molecule has 1 N–H and O–H groups in total. The fourth-order valence-corrected chi connectivity index (χ4v) is 0.735. The monoisotopic (exact) mass is 254 g/mol. The molecule has 0 bridgehead atoms. The van der Waals surface area contributed by atoms with Gasteiger partial charge in [0.1, 0.15) is 0 Å². The predicted molar refractivity (Wildman–Crippen MR) is 35.0 cm³/mol. The first-order chi connectivity index (χ1) is 4.29. The van der Waals surface area contributed by atoms with E-state index in [1.54, 1.807) is 0 Å². The van der Waals surface area contributed by atoms with Crippen molar-refractivity contribution in [1.29, 1.82) is 0 Å². The second kappa shape index (κ2) is 3.13. The van der Waals surface area contributed by atoms with Gasteiger partial charge in [0.25, 0.3) is 0 Å². The normalized spacial score (nSPS) is 8.89. The van der Waals surface area contributed by atoms with Gasteiger partial charge in [0.2, 0.25) is 0 Å². The van der Waals surface area contributed by atoms with Gasteiger partial charge in [0.15, 0.2) is 0 Å². The zero-order valence-corrected chi connectivity index (χ0v) is 7.66. The number of nitrogens with zero attached hydrogens (tertiary/aromatic N) is 3. The summed E-state index contributed by atoms with van der Waals surface area (Å²) >= 11 is 5.38. The molecule has 4 nitrogen and oxygen atoms in total. The fraction of sp³-hybridized carbons (Fsp3) is 0. The molecule has 0 fully saturated rings. The van der Waals surface area contributed by atoms with Crippen molar-refractivity contribution in [2.24, 2.45) is 4.99 Å². The SMILES string of the molecule is [Se]C([Se])=Nc1cn[nH]n1. The quantitative estimate of drug-likeness (QED) is 0.521. The molecule has 0 saturated heterocycles. The van der Waals surface area contributed by atoms with E-state index in [2.05, 4.69) is 52.4 Å². The Hall–Kier alpha value is -0.151. The zero-order chi connectivity index (χ0) is 6.69. The number of hydrogen-bond acceptors (Lipinski definition) is 3. The van der Waals surface area contributed by atoms with Gasteiger partial charge >= 0.3 is 68.0 Å². The average Bonchev–Trinajstić information content (AvgIpc) is 2.15. The topological polar surface area (TPSA) is 53.9 Å². The molecule has 0 saturated carbocycles. The van der Waals surface area contributed by atoms with Crippen LogP contribution in [0.1, 0.15) is 0 Å². The number of aromatic nitrogens is 3. The van der Waals surface area contributed by atoms with Crippen molar-refractivity contribution in [1.82, 2.24) is 15.4 Å². The van der Waals surface area contributed by atoms with E-state index < -0.39 is 0 Å². The Kier molecular flexibility index (Phi) is 2.42. The van der Waals surface area contributed by atoms with Crippen LogP contribution in [0.5, 0.6) is 0 Å². The van der Waals surface area contributed by atoms with Gasteiger partial charge in [-0.2, -0.15) is 0 Å². The van der Waals surface area contributed by atoms with Crippen LogP contribution in [-0.4, -0.2) is 50.9 Å². The van der Waals surface area contributed by atoms with E-state index in [0.29, 0.717) is 5.82 Å². The summed E-state index contributed by atoms with van der Waals surface area (Å²) in [5.74, 6) is 0.572. The summed E-state index contributed by atoms with van der Waals surface area (Å²) in [5, 5.41) is 9.70. The molecule has 46 valence electrons. The van der Waals surface area contributed by atoms with E-state index in [1.807, 2.05) is 0 Å². The molecule has 0 aromatic carbocycles. The molecule has 0 unspecified atom stereocenters. The molecule has 9 heavy (non-hydrogen) atoms. The van der Waals surface area contributed by atoms with Crippen LogP contribution in [0, 0.1) is 0 Å². The van der Waals surface area contributed by atoms with Gasteiger partial charge in [-0.3, -0.25) is 0 Å². The van der Waals surface area contributed by atoms with E-state index in [9.17, 15) is 0 Å². The van der Waals surface area contributed by atoms with Gasteiger partial charge in [-0.15, -0.1) is 0 Å². The number of aliphatic imine (C=N–C) groups is 1. The van der Waals surface area contributed by atoms with Crippen LogP contribution in [0.25, 0.3) is 0 Å². The van der Waals surface area contributed by atoms with E-state index in [-0.39, 0.29) is 0 Å². The summed E-state index contributed by atoms with van der Waals surface area (Å²) in [7, 11) is 0. The maximum absolute atomic E-state index is 3.92. The molecule has 1 aromatic heterocycles. The van der Waals surface area contributed by atoms with Gasteiger partial charge in [-0.1, -0.05) is 0 Å². The summed E-state index contributed by atoms with van der Waals surface area (Å²) in [5.41, 5.74) is 0. The number of H-pyrrole nitrogens is 1. The van der Waals surface area contributed by atoms with Gasteiger partial charge in [0, 0.05) is 0 Å². The molecule has 0 aliphatic rings. The molecular weight excluding hydrogens is 250 g/mol. The minimum absolute atomic E-state index is 0.572. The van der Waals surface area contributed by atoms with Crippen LogP contribution in [-0.2, 0) is 0 Å². The molecule has 0 atom stereocenters. The average molecular weight is 252 g/mol. The van der Waals surface area contributed by atoms with Crippen molar-refractivity contribution < 1.29 is 0 Å². The van der Waals surface area contributed by atoms with E-state index in [0.717, 1.165) is 3.51 Å². The van der Waals surface area contributed by atoms with Gasteiger partial charge in [0.05, 0.1) is 0 Å². The summed E-state index contributed by atoms with van der Waals surface area (Å²) < 4.78 is 0.726. The first-order valence-electron chi connectivity index (χ1n) is 2.07. The van der Waals surface area contributed by atoms with Crippen LogP contribution in [0.2, 0.25) is 0 Å². The van der Waals surface area contributed by atoms with Gasteiger partial charge in [-0.25, -0.2) is 0 Å². The van der Waals surface area contributed by atoms with Crippen molar-refractivity contribution in [3.63, 3.8) is 0 Å². The molecule has 0 amide bonds. The van der Waals surface area contributed by atoms with Crippen LogP contribution >= 0.6 is 0 Å². The second-order valence-corrected chi connectivity index (χ2v) is 4.14. The number of rotatable bonds is 1. The van der Waals surface area contributed by atoms with Crippen molar-refractivity contribution >= 4 is 41.4 Å². The summed E-state index contributed by atoms with van der Waals surface area (Å²) in [6.07, 6.45) is 1.54. The molecule has 1 aromatic rings. The summed E-state index contributed by atoms with van der Waals surface area (Å²) in [4.78, 5) is 3.92. The van der Waals surface area contributed by atoms with Crippen LogP contribution in [0.3, 0.4) is 0 Å². The minimum atomic E-state index is 0.572. The Morgan fingerprint density at radius 3 is 2.89 bits per heavy atom. The van der Waals surface area contributed by atoms with Crippen molar-refractivity contribution in [3.05, 3.63) is 6.20 Å². The molecular formula is C3H2N4Se2. The van der Waals surface area contributed by atoms with Crippen molar-refractivity contribution in [2.45, 2.75) is 0 Å². The fourth-order valence-electron chi connectivity index (χ4n) is 0.343. The van der Waals surface area contributed by atoms with Crippen molar-refractivity contribution in [2.75, 3.05) is 0 Å². The predicted octanol–water partition coefficient (Wildman–Crippen LogP) is -0.871. The third kappa shape index (κ3) is 2.28. The Bertz CT molecular complexity index is 200. The number of aromatic amines is 1. The maximum atomic E-state index is 3.92. The van der Waals surface area contributed by atoms with Gasteiger partial charge in [-0.05, 0) is 0 Å². The molecule has 0 spiro atoms. The van der Waals surface area contributed by atoms with E-state index in [1.165, 1.54) is 6.20 Å². The molecule has 6 heteroatoms. The zero-order valence-electron chi connectivity index (χ0n) is 4.24. The number of hydrogen-bond donors (Lipinski definition) is 1. The Labute approximate surface area is 68.1 Å². The van der Waals surface area contributed by atoms with Crippen LogP contribution in [0.15, 0.2) is 11.2 Å². The molecule has 0 aliphatic carbocycles. The summed E-state index contributed by atoms with van der Waals surface area (Å²) in [6, 6.07) is 0. The third-order valence-electron chi connectivity index (χ3n) is 0.608.